The number of aldehydes is 1. The Kier molecular flexibility index (Phi) is 2.21. The summed E-state index contributed by atoms with van der Waals surface area (Å²) in [7, 11) is 0. The molecule has 1 heterocycles. The molecule has 0 aromatic carbocycles. The maximum atomic E-state index is 10.6. The fourth-order valence-corrected chi connectivity index (χ4v) is 0.917. The van der Waals surface area contributed by atoms with E-state index < -0.39 is 0 Å². The van der Waals surface area contributed by atoms with Gasteiger partial charge in [0, 0.05) is 12.6 Å². The van der Waals surface area contributed by atoms with Crippen molar-refractivity contribution < 1.29 is 9.59 Å². The number of aromatic nitrogens is 1. The van der Waals surface area contributed by atoms with Crippen molar-refractivity contribution in [3.8, 4) is 0 Å². The smallest absolute Gasteiger partial charge is 0.166 e. The van der Waals surface area contributed by atoms with Crippen LogP contribution in [0.25, 0.3) is 0 Å². The van der Waals surface area contributed by atoms with Gasteiger partial charge in [-0.05, 0) is 18.6 Å². The summed E-state index contributed by atoms with van der Waals surface area (Å²) in [5.41, 5.74) is 1.38. The van der Waals surface area contributed by atoms with Crippen molar-refractivity contribution in [2.24, 2.45) is 0 Å². The summed E-state index contributed by atoms with van der Waals surface area (Å²) in [6, 6.07) is 1.67. The van der Waals surface area contributed by atoms with E-state index in [0.29, 0.717) is 12.1 Å². The second-order valence-corrected chi connectivity index (χ2v) is 2.46. The lowest BCUT2D eigenvalue weighted by Gasteiger charge is -1.86. The predicted molar refractivity (Wildman–Crippen MR) is 40.6 cm³/mol. The Morgan fingerprint density at radius 1 is 1.73 bits per heavy atom. The monoisotopic (exact) mass is 151 g/mol. The lowest BCUT2D eigenvalue weighted by atomic mass is 10.2. The molecule has 0 saturated carbocycles. The van der Waals surface area contributed by atoms with Gasteiger partial charge in [-0.15, -0.1) is 0 Å². The zero-order valence-electron chi connectivity index (χ0n) is 6.26. The summed E-state index contributed by atoms with van der Waals surface area (Å²) in [4.78, 5) is 23.5. The molecule has 1 aromatic heterocycles. The highest BCUT2D eigenvalue weighted by Gasteiger charge is 1.99. The van der Waals surface area contributed by atoms with Crippen molar-refractivity contribution in [1.29, 1.82) is 0 Å². The van der Waals surface area contributed by atoms with Gasteiger partial charge in [-0.3, -0.25) is 9.59 Å². The number of Topliss-reactive ketones (excluding diaryl/α,β-unsaturated/α-hetero) is 1. The number of carbonyl (C=O) groups is 2. The summed E-state index contributed by atoms with van der Waals surface area (Å²) in [5.74, 6) is 0.0986. The molecule has 0 spiro atoms. The van der Waals surface area contributed by atoms with Gasteiger partial charge in [0.1, 0.15) is 5.78 Å². The third kappa shape index (κ3) is 2.04. The molecule has 1 rings (SSSR count). The Bertz CT molecular complexity index is 275. The molecule has 3 nitrogen and oxygen atoms in total. The van der Waals surface area contributed by atoms with Gasteiger partial charge in [0.05, 0.1) is 5.69 Å². The highest BCUT2D eigenvalue weighted by Crippen LogP contribution is 2.02. The van der Waals surface area contributed by atoms with Crippen LogP contribution < -0.4 is 0 Å². The number of carbonyl (C=O) groups excluding carboxylic acids is 2. The fourth-order valence-electron chi connectivity index (χ4n) is 0.917. The average molecular weight is 151 g/mol. The first-order valence-corrected chi connectivity index (χ1v) is 3.34. The van der Waals surface area contributed by atoms with Crippen LogP contribution in [0.1, 0.15) is 23.0 Å². The highest BCUT2D eigenvalue weighted by atomic mass is 16.1. The Labute approximate surface area is 64.4 Å². The van der Waals surface area contributed by atoms with Crippen molar-refractivity contribution in [3.05, 3.63) is 23.5 Å². The Morgan fingerprint density at radius 3 is 2.91 bits per heavy atom. The minimum Gasteiger partial charge on any atom is -0.359 e. The van der Waals surface area contributed by atoms with E-state index in [2.05, 4.69) is 4.98 Å². The third-order valence-electron chi connectivity index (χ3n) is 1.35. The van der Waals surface area contributed by atoms with Gasteiger partial charge >= 0.3 is 0 Å². The molecule has 11 heavy (non-hydrogen) atoms. The van der Waals surface area contributed by atoms with Gasteiger partial charge in [-0.1, -0.05) is 0 Å². The van der Waals surface area contributed by atoms with E-state index in [-0.39, 0.29) is 5.78 Å². The quantitative estimate of drug-likeness (QED) is 0.654. The molecule has 58 valence electrons. The SMILES string of the molecule is CC(=O)Cc1c[nH]c(C=O)c1. The molecule has 0 atom stereocenters. The van der Waals surface area contributed by atoms with Gasteiger partial charge in [0.2, 0.25) is 0 Å². The van der Waals surface area contributed by atoms with Crippen LogP contribution in [0.5, 0.6) is 0 Å². The molecule has 0 fully saturated rings. The molecular weight excluding hydrogens is 142 g/mol. The summed E-state index contributed by atoms with van der Waals surface area (Å²) in [5, 5.41) is 0. The first-order chi connectivity index (χ1) is 5.22. The summed E-state index contributed by atoms with van der Waals surface area (Å²) in [6.45, 7) is 1.52. The molecule has 3 heteroatoms. The van der Waals surface area contributed by atoms with Gasteiger partial charge < -0.3 is 4.98 Å². The number of ketones is 1. The van der Waals surface area contributed by atoms with Crippen molar-refractivity contribution in [3.63, 3.8) is 0 Å². The molecule has 0 unspecified atom stereocenters. The van der Waals surface area contributed by atoms with Crippen LogP contribution in [-0.4, -0.2) is 17.1 Å². The van der Waals surface area contributed by atoms with E-state index >= 15 is 0 Å². The second-order valence-electron chi connectivity index (χ2n) is 2.46. The number of rotatable bonds is 3. The van der Waals surface area contributed by atoms with Crippen molar-refractivity contribution in [1.82, 2.24) is 4.98 Å². The lowest BCUT2D eigenvalue weighted by molar-refractivity contribution is -0.116. The van der Waals surface area contributed by atoms with Crippen LogP contribution in [0.2, 0.25) is 0 Å². The zero-order valence-corrected chi connectivity index (χ0v) is 6.26. The Hall–Kier alpha value is -1.38. The molecule has 1 aromatic rings. The van der Waals surface area contributed by atoms with Gasteiger partial charge in [-0.25, -0.2) is 0 Å². The van der Waals surface area contributed by atoms with Crippen LogP contribution in [0, 0.1) is 0 Å². The second kappa shape index (κ2) is 3.14. The maximum absolute atomic E-state index is 10.6. The van der Waals surface area contributed by atoms with Gasteiger partial charge in [0.25, 0.3) is 0 Å². The normalized spacial score (nSPS) is 9.55. The van der Waals surface area contributed by atoms with E-state index in [1.54, 1.807) is 12.3 Å². The average Bonchev–Trinajstić information content (AvgIpc) is 2.34. The molecule has 1 N–H and O–H groups in total. The summed E-state index contributed by atoms with van der Waals surface area (Å²) in [6.07, 6.45) is 2.79. The van der Waals surface area contributed by atoms with Crippen LogP contribution in [0.15, 0.2) is 12.3 Å². The first kappa shape index (κ1) is 7.72. The fraction of sp³-hybridized carbons (Fsp3) is 0.250. The largest absolute Gasteiger partial charge is 0.359 e. The van der Waals surface area contributed by atoms with Crippen molar-refractivity contribution in [2.45, 2.75) is 13.3 Å². The maximum Gasteiger partial charge on any atom is 0.166 e. The van der Waals surface area contributed by atoms with Gasteiger partial charge in [-0.2, -0.15) is 0 Å². The van der Waals surface area contributed by atoms with Crippen LogP contribution >= 0.6 is 0 Å². The number of nitrogens with one attached hydrogen (secondary N) is 1. The number of hydrogen-bond acceptors (Lipinski definition) is 2. The summed E-state index contributed by atoms with van der Waals surface area (Å²) >= 11 is 0. The summed E-state index contributed by atoms with van der Waals surface area (Å²) < 4.78 is 0. The number of aromatic amines is 1. The minimum absolute atomic E-state index is 0.0986. The molecule has 0 amide bonds. The molecule has 0 bridgehead atoms. The standard InChI is InChI=1S/C8H9NO2/c1-6(11)2-7-3-8(5-10)9-4-7/h3-5,9H,2H2,1H3. The molecule has 0 radical (unpaired) electrons. The highest BCUT2D eigenvalue weighted by molar-refractivity contribution is 5.79. The molecular formula is C8H9NO2. The third-order valence-corrected chi connectivity index (χ3v) is 1.35. The minimum atomic E-state index is 0.0986. The lowest BCUT2D eigenvalue weighted by Crippen LogP contribution is -1.93. The van der Waals surface area contributed by atoms with Crippen LogP contribution in [0.3, 0.4) is 0 Å². The molecule has 0 aliphatic carbocycles. The Balaban J connectivity index is 2.72. The number of H-pyrrole nitrogens is 1. The molecule has 0 aliphatic rings. The molecule has 0 aliphatic heterocycles. The first-order valence-electron chi connectivity index (χ1n) is 3.34. The van der Waals surface area contributed by atoms with E-state index in [1.165, 1.54) is 6.92 Å². The topological polar surface area (TPSA) is 49.9 Å². The van der Waals surface area contributed by atoms with E-state index in [9.17, 15) is 9.59 Å². The van der Waals surface area contributed by atoms with E-state index in [1.807, 2.05) is 0 Å². The van der Waals surface area contributed by atoms with E-state index in [0.717, 1.165) is 11.8 Å². The van der Waals surface area contributed by atoms with Crippen LogP contribution in [-0.2, 0) is 11.2 Å². The van der Waals surface area contributed by atoms with Crippen molar-refractivity contribution in [2.75, 3.05) is 0 Å². The van der Waals surface area contributed by atoms with Gasteiger partial charge in [0.15, 0.2) is 6.29 Å². The van der Waals surface area contributed by atoms with Crippen LogP contribution in [0.4, 0.5) is 0 Å². The number of hydrogen-bond donors (Lipinski definition) is 1. The molecule has 0 saturated heterocycles. The van der Waals surface area contributed by atoms with E-state index in [4.69, 9.17) is 0 Å². The Morgan fingerprint density at radius 2 is 2.45 bits per heavy atom. The zero-order chi connectivity index (χ0) is 8.27. The predicted octanol–water partition coefficient (Wildman–Crippen LogP) is 0.959. The van der Waals surface area contributed by atoms with Crippen molar-refractivity contribution >= 4 is 12.1 Å².